The smallest absolute Gasteiger partial charge is 0.0213 e. The van der Waals surface area contributed by atoms with Gasteiger partial charge in [-0.05, 0) is 19.3 Å². The van der Waals surface area contributed by atoms with E-state index in [-0.39, 0.29) is 0 Å². The summed E-state index contributed by atoms with van der Waals surface area (Å²) < 4.78 is 0. The minimum Gasteiger partial charge on any atom is -0.0857 e. The Morgan fingerprint density at radius 3 is 2.17 bits per heavy atom. The lowest BCUT2D eigenvalue weighted by Gasteiger charge is -2.17. The molecule has 0 nitrogen and oxygen atoms in total. The van der Waals surface area contributed by atoms with E-state index in [2.05, 4.69) is 5.92 Å². The second kappa shape index (κ2) is 1.34. The van der Waals surface area contributed by atoms with Crippen molar-refractivity contribution in [2.45, 2.75) is 19.3 Å². The van der Waals surface area contributed by atoms with Crippen LogP contribution in [0.25, 0.3) is 0 Å². The summed E-state index contributed by atoms with van der Waals surface area (Å²) in [4.78, 5) is 0. The maximum absolute atomic E-state index is 6.61. The fourth-order valence-electron chi connectivity index (χ4n) is 0.553. The highest BCUT2D eigenvalue weighted by molar-refractivity contribution is 4.91. The van der Waals surface area contributed by atoms with Crippen LogP contribution in [0.1, 0.15) is 19.3 Å². The van der Waals surface area contributed by atoms with E-state index in [0.29, 0.717) is 5.92 Å². The molecule has 6 heavy (non-hydrogen) atoms. The van der Waals surface area contributed by atoms with E-state index in [0.717, 1.165) is 0 Å². The molecule has 1 aliphatic rings. The Bertz CT molecular complexity index is 72.5. The zero-order chi connectivity index (χ0) is 4.41. The third kappa shape index (κ3) is 0.408. The van der Waals surface area contributed by atoms with Gasteiger partial charge in [0, 0.05) is 5.92 Å². The lowest BCUT2D eigenvalue weighted by Crippen LogP contribution is -2.06. The summed E-state index contributed by atoms with van der Waals surface area (Å²) >= 11 is 0. The molecular weight excluding hydrogens is 72.1 g/mol. The predicted molar refractivity (Wildman–Crippen MR) is 24.5 cm³/mol. The molecule has 0 amide bonds. The van der Waals surface area contributed by atoms with Crippen molar-refractivity contribution in [1.82, 2.24) is 0 Å². The normalized spacial score (nSPS) is 21.8. The van der Waals surface area contributed by atoms with Crippen molar-refractivity contribution >= 4 is 0 Å². The van der Waals surface area contributed by atoms with E-state index in [1.54, 1.807) is 0 Å². The van der Waals surface area contributed by atoms with Crippen molar-refractivity contribution in [3.8, 4) is 5.92 Å². The molecule has 31 valence electrons. The van der Waals surface area contributed by atoms with Crippen molar-refractivity contribution in [2.75, 3.05) is 0 Å². The van der Waals surface area contributed by atoms with Crippen molar-refractivity contribution in [2.24, 2.45) is 5.92 Å². The van der Waals surface area contributed by atoms with Gasteiger partial charge in [0.1, 0.15) is 0 Å². The summed E-state index contributed by atoms with van der Waals surface area (Å²) in [5.41, 5.74) is 0. The molecule has 0 unspecified atom stereocenters. The van der Waals surface area contributed by atoms with Crippen LogP contribution >= 0.6 is 0 Å². The van der Waals surface area contributed by atoms with E-state index in [9.17, 15) is 0 Å². The SMILES string of the molecule is [C]#CC1CCC1. The third-order valence-electron chi connectivity index (χ3n) is 1.31. The largest absolute Gasteiger partial charge is 0.0857 e. The van der Waals surface area contributed by atoms with Gasteiger partial charge in [-0.3, -0.25) is 0 Å². The van der Waals surface area contributed by atoms with Crippen LogP contribution in [0.15, 0.2) is 0 Å². The van der Waals surface area contributed by atoms with E-state index in [4.69, 9.17) is 6.42 Å². The van der Waals surface area contributed by atoms with Gasteiger partial charge in [0.25, 0.3) is 0 Å². The third-order valence-corrected chi connectivity index (χ3v) is 1.31. The molecule has 0 saturated heterocycles. The molecule has 1 aliphatic carbocycles. The monoisotopic (exact) mass is 79.1 g/mol. The Morgan fingerprint density at radius 1 is 1.50 bits per heavy atom. The van der Waals surface area contributed by atoms with Crippen LogP contribution in [-0.2, 0) is 0 Å². The first-order valence-electron chi connectivity index (χ1n) is 2.36. The van der Waals surface area contributed by atoms with Gasteiger partial charge in [-0.15, -0.1) is 0 Å². The van der Waals surface area contributed by atoms with Crippen molar-refractivity contribution in [1.29, 1.82) is 0 Å². The predicted octanol–water partition coefficient (Wildman–Crippen LogP) is 1.38. The zero-order valence-electron chi connectivity index (χ0n) is 3.70. The first kappa shape index (κ1) is 3.74. The van der Waals surface area contributed by atoms with Gasteiger partial charge in [-0.2, -0.15) is 0 Å². The molecule has 1 saturated carbocycles. The van der Waals surface area contributed by atoms with Crippen LogP contribution in [-0.4, -0.2) is 0 Å². The summed E-state index contributed by atoms with van der Waals surface area (Å²) in [7, 11) is 0. The van der Waals surface area contributed by atoms with E-state index < -0.39 is 0 Å². The maximum atomic E-state index is 6.61. The number of rotatable bonds is 0. The van der Waals surface area contributed by atoms with Gasteiger partial charge in [0.15, 0.2) is 0 Å². The summed E-state index contributed by atoms with van der Waals surface area (Å²) in [5.74, 6) is 2.98. The van der Waals surface area contributed by atoms with E-state index in [1.165, 1.54) is 19.3 Å². The highest BCUT2D eigenvalue weighted by Crippen LogP contribution is 2.24. The Morgan fingerprint density at radius 2 is 2.17 bits per heavy atom. The van der Waals surface area contributed by atoms with Gasteiger partial charge in [-0.1, -0.05) is 12.3 Å². The molecule has 1 rings (SSSR count). The maximum Gasteiger partial charge on any atom is 0.0213 e. The van der Waals surface area contributed by atoms with Crippen LogP contribution < -0.4 is 0 Å². The molecule has 0 heterocycles. The Hall–Kier alpha value is -0.440. The van der Waals surface area contributed by atoms with Crippen LogP contribution in [0.4, 0.5) is 0 Å². The molecule has 0 aliphatic heterocycles. The topological polar surface area (TPSA) is 0 Å². The summed E-state index contributed by atoms with van der Waals surface area (Å²) in [6.45, 7) is 0. The molecule has 1 radical (unpaired) electrons. The molecule has 0 N–H and O–H groups in total. The molecule has 0 spiro atoms. The Labute approximate surface area is 38.6 Å². The molecule has 0 aromatic rings. The minimum absolute atomic E-state index is 0.532. The van der Waals surface area contributed by atoms with Crippen molar-refractivity contribution in [3.63, 3.8) is 0 Å². The molecular formula is C6H7. The van der Waals surface area contributed by atoms with Crippen LogP contribution in [0.5, 0.6) is 0 Å². The summed E-state index contributed by atoms with van der Waals surface area (Å²) in [5, 5.41) is 0. The lowest BCUT2D eigenvalue weighted by atomic mass is 9.87. The first-order chi connectivity index (χ1) is 2.93. The Balaban J connectivity index is 2.22. The number of hydrogen-bond acceptors (Lipinski definition) is 0. The molecule has 0 aromatic heterocycles. The Kier molecular flexibility index (Phi) is 0.837. The zero-order valence-corrected chi connectivity index (χ0v) is 3.70. The summed E-state index contributed by atoms with van der Waals surface area (Å²) in [6.07, 6.45) is 10.3. The van der Waals surface area contributed by atoms with Crippen LogP contribution in [0.3, 0.4) is 0 Å². The average molecular weight is 79.1 g/mol. The fraction of sp³-hybridized carbons (Fsp3) is 0.667. The van der Waals surface area contributed by atoms with Gasteiger partial charge >= 0.3 is 0 Å². The molecule has 1 fully saturated rings. The van der Waals surface area contributed by atoms with Gasteiger partial charge in [0.2, 0.25) is 0 Å². The van der Waals surface area contributed by atoms with Crippen LogP contribution in [0, 0.1) is 18.3 Å². The van der Waals surface area contributed by atoms with Crippen molar-refractivity contribution in [3.05, 3.63) is 6.42 Å². The van der Waals surface area contributed by atoms with Gasteiger partial charge in [-0.25, -0.2) is 0 Å². The standard InChI is InChI=1S/C6H7/c1-2-6-4-3-5-6/h6H,3-5H2. The summed E-state index contributed by atoms with van der Waals surface area (Å²) in [6, 6.07) is 0. The second-order valence-electron chi connectivity index (χ2n) is 1.77. The lowest BCUT2D eigenvalue weighted by molar-refractivity contribution is 0.401. The fourth-order valence-corrected chi connectivity index (χ4v) is 0.553. The average Bonchev–Trinajstić information content (AvgIpc) is 1.31. The van der Waals surface area contributed by atoms with Crippen LogP contribution in [0.2, 0.25) is 0 Å². The molecule has 0 heteroatoms. The molecule has 0 bridgehead atoms. The molecule has 0 aromatic carbocycles. The quantitative estimate of drug-likeness (QED) is 0.385. The highest BCUT2D eigenvalue weighted by atomic mass is 14.2. The second-order valence-corrected chi connectivity index (χ2v) is 1.77. The number of hydrogen-bond donors (Lipinski definition) is 0. The molecule has 0 atom stereocenters. The first-order valence-corrected chi connectivity index (χ1v) is 2.36. The van der Waals surface area contributed by atoms with Gasteiger partial charge < -0.3 is 0 Å². The highest BCUT2D eigenvalue weighted by Gasteiger charge is 2.12. The van der Waals surface area contributed by atoms with Gasteiger partial charge in [0.05, 0.1) is 0 Å². The van der Waals surface area contributed by atoms with Crippen molar-refractivity contribution < 1.29 is 0 Å². The minimum atomic E-state index is 0.532. The van der Waals surface area contributed by atoms with E-state index in [1.807, 2.05) is 0 Å². The van der Waals surface area contributed by atoms with E-state index >= 15 is 0 Å².